The number of aromatic nitrogens is 1. The van der Waals surface area contributed by atoms with Crippen LogP contribution < -0.4 is 5.32 Å². The maximum Gasteiger partial charge on any atom is 0.265 e. The van der Waals surface area contributed by atoms with Crippen molar-refractivity contribution in [3.8, 4) is 0 Å². The Morgan fingerprint density at radius 1 is 1.69 bits per heavy atom. The zero-order valence-electron chi connectivity index (χ0n) is 9.30. The SMILES string of the molecule is Cc1ncsc1C(=O)N(C)[C@@H]1CNC[C@H]1O. The van der Waals surface area contributed by atoms with Crippen LogP contribution in [0, 0.1) is 6.92 Å². The van der Waals surface area contributed by atoms with Crippen molar-refractivity contribution in [3.05, 3.63) is 16.1 Å². The Morgan fingerprint density at radius 2 is 2.44 bits per heavy atom. The fourth-order valence-corrected chi connectivity index (χ4v) is 2.65. The van der Waals surface area contributed by atoms with Crippen LogP contribution >= 0.6 is 11.3 Å². The minimum atomic E-state index is -0.484. The average molecular weight is 241 g/mol. The zero-order valence-corrected chi connectivity index (χ0v) is 10.1. The molecule has 1 aromatic rings. The van der Waals surface area contributed by atoms with Crippen LogP contribution in [0.25, 0.3) is 0 Å². The predicted molar refractivity (Wildman–Crippen MR) is 61.6 cm³/mol. The van der Waals surface area contributed by atoms with Gasteiger partial charge in [0.05, 0.1) is 23.4 Å². The molecule has 1 saturated heterocycles. The number of aliphatic hydroxyl groups is 1. The number of aliphatic hydroxyl groups excluding tert-OH is 1. The number of amides is 1. The molecule has 1 fully saturated rings. The number of β-amino-alcohol motifs (C(OH)–C–C–N with tert-alkyl or cyclic N) is 1. The first-order valence-electron chi connectivity index (χ1n) is 5.17. The molecule has 2 rings (SSSR count). The molecule has 0 saturated carbocycles. The first-order chi connectivity index (χ1) is 7.61. The summed E-state index contributed by atoms with van der Waals surface area (Å²) < 4.78 is 0. The van der Waals surface area contributed by atoms with Crippen LogP contribution in [0.1, 0.15) is 15.4 Å². The molecule has 0 aromatic carbocycles. The molecule has 2 N–H and O–H groups in total. The highest BCUT2D eigenvalue weighted by molar-refractivity contribution is 7.11. The summed E-state index contributed by atoms with van der Waals surface area (Å²) in [5, 5.41) is 12.8. The summed E-state index contributed by atoms with van der Waals surface area (Å²) in [7, 11) is 1.72. The van der Waals surface area contributed by atoms with Gasteiger partial charge in [0.1, 0.15) is 4.88 Å². The van der Waals surface area contributed by atoms with Gasteiger partial charge in [0.2, 0.25) is 0 Å². The lowest BCUT2D eigenvalue weighted by atomic mass is 10.2. The van der Waals surface area contributed by atoms with E-state index in [0.717, 1.165) is 5.69 Å². The number of aryl methyl sites for hydroxylation is 1. The molecule has 2 atom stereocenters. The molecule has 0 radical (unpaired) electrons. The van der Waals surface area contributed by atoms with Crippen LogP contribution in [-0.4, -0.2) is 53.2 Å². The Morgan fingerprint density at radius 3 is 2.94 bits per heavy atom. The molecule has 5 nitrogen and oxygen atoms in total. The van der Waals surface area contributed by atoms with Gasteiger partial charge in [-0.3, -0.25) is 4.79 Å². The molecule has 1 aromatic heterocycles. The Hall–Kier alpha value is -0.980. The summed E-state index contributed by atoms with van der Waals surface area (Å²) >= 11 is 1.34. The highest BCUT2D eigenvalue weighted by Crippen LogP contribution is 2.17. The molecular formula is C10H15N3O2S. The summed E-state index contributed by atoms with van der Waals surface area (Å²) in [4.78, 5) is 18.4. The summed E-state index contributed by atoms with van der Waals surface area (Å²) in [6.45, 7) is 3.01. The van der Waals surface area contributed by atoms with Crippen molar-refractivity contribution < 1.29 is 9.90 Å². The third-order valence-electron chi connectivity index (χ3n) is 2.91. The summed E-state index contributed by atoms with van der Waals surface area (Å²) in [6.07, 6.45) is -0.484. The van der Waals surface area contributed by atoms with Gasteiger partial charge in [0.25, 0.3) is 5.91 Å². The van der Waals surface area contributed by atoms with Crippen LogP contribution in [0.15, 0.2) is 5.51 Å². The Labute approximate surface area is 98.1 Å². The van der Waals surface area contributed by atoms with Crippen LogP contribution in [0.5, 0.6) is 0 Å². The zero-order chi connectivity index (χ0) is 11.7. The van der Waals surface area contributed by atoms with Gasteiger partial charge in [-0.15, -0.1) is 11.3 Å². The number of likely N-dealkylation sites (N-methyl/N-ethyl adjacent to an activating group) is 1. The van der Waals surface area contributed by atoms with Crippen molar-refractivity contribution in [2.24, 2.45) is 0 Å². The molecule has 1 aliphatic rings. The lowest BCUT2D eigenvalue weighted by Gasteiger charge is -2.26. The quantitative estimate of drug-likeness (QED) is 0.756. The summed E-state index contributed by atoms with van der Waals surface area (Å²) in [5.41, 5.74) is 2.42. The van der Waals surface area contributed by atoms with Crippen molar-refractivity contribution in [2.75, 3.05) is 20.1 Å². The monoisotopic (exact) mass is 241 g/mol. The number of rotatable bonds is 2. The Bertz CT molecular complexity index is 393. The smallest absolute Gasteiger partial charge is 0.265 e. The van der Waals surface area contributed by atoms with E-state index in [1.165, 1.54) is 11.3 Å². The lowest BCUT2D eigenvalue weighted by Crippen LogP contribution is -2.44. The van der Waals surface area contributed by atoms with Gasteiger partial charge in [-0.1, -0.05) is 0 Å². The number of thiazole rings is 1. The van der Waals surface area contributed by atoms with Crippen molar-refractivity contribution in [1.82, 2.24) is 15.2 Å². The normalized spacial score (nSPS) is 24.7. The maximum atomic E-state index is 12.1. The van der Waals surface area contributed by atoms with Crippen molar-refractivity contribution in [1.29, 1.82) is 0 Å². The van der Waals surface area contributed by atoms with Gasteiger partial charge in [-0.05, 0) is 6.92 Å². The minimum absolute atomic E-state index is 0.0623. The van der Waals surface area contributed by atoms with Crippen LogP contribution in [0.3, 0.4) is 0 Å². The number of hydrogen-bond donors (Lipinski definition) is 2. The van der Waals surface area contributed by atoms with Crippen molar-refractivity contribution in [2.45, 2.75) is 19.1 Å². The van der Waals surface area contributed by atoms with E-state index in [2.05, 4.69) is 10.3 Å². The van der Waals surface area contributed by atoms with E-state index in [-0.39, 0.29) is 11.9 Å². The van der Waals surface area contributed by atoms with Gasteiger partial charge in [-0.25, -0.2) is 4.98 Å². The minimum Gasteiger partial charge on any atom is -0.390 e. The van der Waals surface area contributed by atoms with Crippen molar-refractivity contribution in [3.63, 3.8) is 0 Å². The third-order valence-corrected chi connectivity index (χ3v) is 3.83. The fraction of sp³-hybridized carbons (Fsp3) is 0.600. The van der Waals surface area contributed by atoms with E-state index in [4.69, 9.17) is 0 Å². The van der Waals surface area contributed by atoms with E-state index in [1.807, 2.05) is 6.92 Å². The second-order valence-electron chi connectivity index (χ2n) is 3.98. The number of carbonyl (C=O) groups is 1. The fourth-order valence-electron chi connectivity index (χ4n) is 1.86. The Balaban J connectivity index is 2.13. The molecule has 6 heteroatoms. The molecule has 16 heavy (non-hydrogen) atoms. The van der Waals surface area contributed by atoms with Gasteiger partial charge in [-0.2, -0.15) is 0 Å². The molecule has 0 bridgehead atoms. The van der Waals surface area contributed by atoms with E-state index in [1.54, 1.807) is 17.5 Å². The molecule has 1 amide bonds. The van der Waals surface area contributed by atoms with Crippen molar-refractivity contribution >= 4 is 17.2 Å². The molecular weight excluding hydrogens is 226 g/mol. The summed E-state index contributed by atoms with van der Waals surface area (Å²) in [6, 6.07) is -0.144. The molecule has 1 aliphatic heterocycles. The molecule has 0 aliphatic carbocycles. The van der Waals surface area contributed by atoms with E-state index in [9.17, 15) is 9.90 Å². The topological polar surface area (TPSA) is 65.5 Å². The molecule has 0 spiro atoms. The lowest BCUT2D eigenvalue weighted by molar-refractivity contribution is 0.0585. The van der Waals surface area contributed by atoms with Crippen LogP contribution in [-0.2, 0) is 0 Å². The number of nitrogens with zero attached hydrogens (tertiary/aromatic N) is 2. The first-order valence-corrected chi connectivity index (χ1v) is 6.05. The van der Waals surface area contributed by atoms with Gasteiger partial charge >= 0.3 is 0 Å². The van der Waals surface area contributed by atoms with Gasteiger partial charge in [0.15, 0.2) is 0 Å². The van der Waals surface area contributed by atoms with E-state index >= 15 is 0 Å². The first kappa shape index (κ1) is 11.5. The summed E-state index contributed by atoms with van der Waals surface area (Å²) in [5.74, 6) is -0.0623. The van der Waals surface area contributed by atoms with Gasteiger partial charge < -0.3 is 15.3 Å². The second kappa shape index (κ2) is 4.48. The van der Waals surface area contributed by atoms with Gasteiger partial charge in [0, 0.05) is 20.1 Å². The van der Waals surface area contributed by atoms with E-state index in [0.29, 0.717) is 18.0 Å². The highest BCUT2D eigenvalue weighted by Gasteiger charge is 2.32. The second-order valence-corrected chi connectivity index (χ2v) is 4.83. The van der Waals surface area contributed by atoms with E-state index < -0.39 is 6.10 Å². The average Bonchev–Trinajstić information content (AvgIpc) is 2.85. The number of hydrogen-bond acceptors (Lipinski definition) is 5. The standard InChI is InChI=1S/C10H15N3O2S/c1-6-9(16-5-12-6)10(15)13(2)7-3-11-4-8(7)14/h5,7-8,11,14H,3-4H2,1-2H3/t7-,8-/m1/s1. The highest BCUT2D eigenvalue weighted by atomic mass is 32.1. The van der Waals surface area contributed by atoms with Crippen LogP contribution in [0.2, 0.25) is 0 Å². The van der Waals surface area contributed by atoms with Crippen LogP contribution in [0.4, 0.5) is 0 Å². The maximum absolute atomic E-state index is 12.1. The number of carbonyl (C=O) groups excluding carboxylic acids is 1. The molecule has 2 heterocycles. The third kappa shape index (κ3) is 1.95. The largest absolute Gasteiger partial charge is 0.390 e. The number of nitrogens with one attached hydrogen (secondary N) is 1. The predicted octanol–water partition coefficient (Wildman–Crippen LogP) is -0.144. The Kier molecular flexibility index (Phi) is 3.22. The molecule has 88 valence electrons. The molecule has 0 unspecified atom stereocenters.